The predicted molar refractivity (Wildman–Crippen MR) is 83.6 cm³/mol. The third kappa shape index (κ3) is 3.06. The molecule has 1 aromatic heterocycles. The van der Waals surface area contributed by atoms with Crippen LogP contribution in [0.25, 0.3) is 0 Å². The van der Waals surface area contributed by atoms with E-state index in [0.717, 1.165) is 25.2 Å². The highest BCUT2D eigenvalue weighted by molar-refractivity contribution is 6.29. The minimum Gasteiger partial charge on any atom is -0.338 e. The molecule has 2 saturated heterocycles. The van der Waals surface area contributed by atoms with Crippen LogP contribution < -0.4 is 0 Å². The molecular formula is C16H22ClN3O. The summed E-state index contributed by atoms with van der Waals surface area (Å²) in [5, 5.41) is 0.394. The molecule has 0 radical (unpaired) electrons. The van der Waals surface area contributed by atoms with Gasteiger partial charge in [0.25, 0.3) is 5.91 Å². The highest BCUT2D eigenvalue weighted by Gasteiger charge is 2.35. The van der Waals surface area contributed by atoms with E-state index in [4.69, 9.17) is 11.6 Å². The van der Waals surface area contributed by atoms with Gasteiger partial charge in [0, 0.05) is 30.4 Å². The van der Waals surface area contributed by atoms with E-state index < -0.39 is 0 Å². The van der Waals surface area contributed by atoms with E-state index in [1.165, 1.54) is 19.4 Å². The van der Waals surface area contributed by atoms with Crippen molar-refractivity contribution in [2.45, 2.75) is 32.2 Å². The first-order valence-corrected chi connectivity index (χ1v) is 8.06. The van der Waals surface area contributed by atoms with E-state index in [0.29, 0.717) is 22.7 Å². The summed E-state index contributed by atoms with van der Waals surface area (Å²) >= 11 is 5.97. The summed E-state index contributed by atoms with van der Waals surface area (Å²) in [5.41, 5.74) is 1.45. The molecule has 0 N–H and O–H groups in total. The Morgan fingerprint density at radius 1 is 1.33 bits per heavy atom. The van der Waals surface area contributed by atoms with Crippen molar-refractivity contribution in [2.75, 3.05) is 26.7 Å². The molecule has 0 spiro atoms. The number of nitrogens with zero attached hydrogens (tertiary/aromatic N) is 3. The number of carbonyl (C=O) groups excluding carboxylic acids is 1. The normalized spacial score (nSPS) is 26.5. The average molecular weight is 308 g/mol. The number of aryl methyl sites for hydroxylation is 1. The maximum absolute atomic E-state index is 12.7. The molecule has 2 atom stereocenters. The lowest BCUT2D eigenvalue weighted by atomic mass is 9.84. The zero-order valence-corrected chi connectivity index (χ0v) is 13.4. The fourth-order valence-corrected chi connectivity index (χ4v) is 4.02. The molecule has 2 aliphatic heterocycles. The van der Waals surface area contributed by atoms with Crippen LogP contribution in [0.15, 0.2) is 12.1 Å². The molecule has 2 fully saturated rings. The number of amides is 1. The quantitative estimate of drug-likeness (QED) is 0.748. The van der Waals surface area contributed by atoms with Gasteiger partial charge in [-0.2, -0.15) is 0 Å². The Morgan fingerprint density at radius 3 is 2.90 bits per heavy atom. The number of halogens is 1. The summed E-state index contributed by atoms with van der Waals surface area (Å²) in [6.45, 7) is 4.76. The van der Waals surface area contributed by atoms with Crippen molar-refractivity contribution < 1.29 is 4.79 Å². The highest BCUT2D eigenvalue weighted by Crippen LogP contribution is 2.30. The molecule has 1 amide bonds. The summed E-state index contributed by atoms with van der Waals surface area (Å²) in [5.74, 6) is 0.703. The maximum Gasteiger partial charge on any atom is 0.254 e. The van der Waals surface area contributed by atoms with Crippen molar-refractivity contribution >= 4 is 17.5 Å². The van der Waals surface area contributed by atoms with Gasteiger partial charge in [-0.15, -0.1) is 0 Å². The molecule has 5 heteroatoms. The Kier molecular flexibility index (Phi) is 4.18. The van der Waals surface area contributed by atoms with Gasteiger partial charge in [-0.1, -0.05) is 11.6 Å². The van der Waals surface area contributed by atoms with Crippen molar-refractivity contribution in [1.82, 2.24) is 14.8 Å². The van der Waals surface area contributed by atoms with Gasteiger partial charge in [0.15, 0.2) is 0 Å². The molecule has 2 unspecified atom stereocenters. The Bertz CT molecular complexity index is 528. The van der Waals surface area contributed by atoms with E-state index in [1.54, 1.807) is 6.07 Å². The maximum atomic E-state index is 12.7. The molecule has 21 heavy (non-hydrogen) atoms. The number of pyridine rings is 1. The zero-order chi connectivity index (χ0) is 15.0. The van der Waals surface area contributed by atoms with Crippen LogP contribution in [0.3, 0.4) is 0 Å². The molecule has 2 aliphatic rings. The fraction of sp³-hybridized carbons (Fsp3) is 0.625. The number of aromatic nitrogens is 1. The van der Waals surface area contributed by atoms with Gasteiger partial charge in [0.1, 0.15) is 5.15 Å². The minimum atomic E-state index is 0.0917. The van der Waals surface area contributed by atoms with E-state index in [1.807, 2.05) is 17.9 Å². The van der Waals surface area contributed by atoms with Gasteiger partial charge in [-0.25, -0.2) is 4.98 Å². The van der Waals surface area contributed by atoms with Crippen LogP contribution in [0.2, 0.25) is 5.15 Å². The van der Waals surface area contributed by atoms with Gasteiger partial charge in [0.2, 0.25) is 0 Å². The fourth-order valence-electron chi connectivity index (χ4n) is 3.77. The summed E-state index contributed by atoms with van der Waals surface area (Å²) < 4.78 is 0. The molecule has 1 aromatic rings. The lowest BCUT2D eigenvalue weighted by Gasteiger charge is -2.46. The van der Waals surface area contributed by atoms with E-state index in [9.17, 15) is 4.79 Å². The standard InChI is InChI=1S/C16H22ClN3O/c1-11-8-13(9-15(17)18-11)16(21)20-7-5-14-12(10-20)4-3-6-19(14)2/h8-9,12,14H,3-7,10H2,1-2H3. The van der Waals surface area contributed by atoms with Gasteiger partial charge in [-0.3, -0.25) is 4.79 Å². The number of hydrogen-bond acceptors (Lipinski definition) is 3. The van der Waals surface area contributed by atoms with Gasteiger partial charge in [0.05, 0.1) is 0 Å². The molecule has 0 bridgehead atoms. The highest BCUT2D eigenvalue weighted by atomic mass is 35.5. The number of hydrogen-bond donors (Lipinski definition) is 0. The van der Waals surface area contributed by atoms with E-state index >= 15 is 0 Å². The summed E-state index contributed by atoms with van der Waals surface area (Å²) in [4.78, 5) is 21.3. The van der Waals surface area contributed by atoms with Crippen LogP contribution in [0.1, 0.15) is 35.3 Å². The van der Waals surface area contributed by atoms with Crippen molar-refractivity contribution in [3.05, 3.63) is 28.5 Å². The van der Waals surface area contributed by atoms with Crippen LogP contribution in [-0.2, 0) is 0 Å². The number of likely N-dealkylation sites (tertiary alicyclic amines) is 2. The number of rotatable bonds is 1. The number of piperidine rings is 2. The average Bonchev–Trinajstić information content (AvgIpc) is 2.45. The van der Waals surface area contributed by atoms with Crippen LogP contribution >= 0.6 is 11.6 Å². The monoisotopic (exact) mass is 307 g/mol. The van der Waals surface area contributed by atoms with Crippen molar-refractivity contribution in [3.63, 3.8) is 0 Å². The summed E-state index contributed by atoms with van der Waals surface area (Å²) in [7, 11) is 2.21. The Morgan fingerprint density at radius 2 is 2.14 bits per heavy atom. The third-order valence-corrected chi connectivity index (χ3v) is 5.00. The van der Waals surface area contributed by atoms with Crippen molar-refractivity contribution in [1.29, 1.82) is 0 Å². The van der Waals surface area contributed by atoms with Crippen LogP contribution in [0, 0.1) is 12.8 Å². The summed E-state index contributed by atoms with van der Waals surface area (Å²) in [6, 6.07) is 4.15. The van der Waals surface area contributed by atoms with Crippen molar-refractivity contribution in [3.8, 4) is 0 Å². The summed E-state index contributed by atoms with van der Waals surface area (Å²) in [6.07, 6.45) is 3.54. The second-order valence-corrected chi connectivity index (χ2v) is 6.70. The van der Waals surface area contributed by atoms with Crippen LogP contribution in [0.4, 0.5) is 0 Å². The molecule has 3 heterocycles. The second kappa shape index (κ2) is 5.93. The lowest BCUT2D eigenvalue weighted by Crippen LogP contribution is -2.53. The molecular weight excluding hydrogens is 286 g/mol. The first-order valence-electron chi connectivity index (χ1n) is 7.68. The minimum absolute atomic E-state index is 0.0917. The van der Waals surface area contributed by atoms with Gasteiger partial charge < -0.3 is 9.80 Å². The first-order chi connectivity index (χ1) is 10.0. The Balaban J connectivity index is 1.74. The molecule has 114 valence electrons. The number of carbonyl (C=O) groups is 1. The lowest BCUT2D eigenvalue weighted by molar-refractivity contribution is 0.0317. The molecule has 4 nitrogen and oxygen atoms in total. The smallest absolute Gasteiger partial charge is 0.254 e. The van der Waals surface area contributed by atoms with Crippen LogP contribution in [-0.4, -0.2) is 53.4 Å². The Labute approximate surface area is 131 Å². The largest absolute Gasteiger partial charge is 0.338 e. The second-order valence-electron chi connectivity index (χ2n) is 6.31. The zero-order valence-electron chi connectivity index (χ0n) is 12.7. The number of fused-ring (bicyclic) bond motifs is 1. The topological polar surface area (TPSA) is 36.4 Å². The van der Waals surface area contributed by atoms with Crippen molar-refractivity contribution in [2.24, 2.45) is 5.92 Å². The molecule has 0 aliphatic carbocycles. The first kappa shape index (κ1) is 14.8. The third-order valence-electron chi connectivity index (χ3n) is 4.80. The SMILES string of the molecule is Cc1cc(C(=O)N2CCC3C(CCCN3C)C2)cc(Cl)n1. The molecule has 3 rings (SSSR count). The molecule has 0 aromatic carbocycles. The van der Waals surface area contributed by atoms with E-state index in [2.05, 4.69) is 16.9 Å². The van der Waals surface area contributed by atoms with Crippen LogP contribution in [0.5, 0.6) is 0 Å². The van der Waals surface area contributed by atoms with E-state index in [-0.39, 0.29) is 5.91 Å². The van der Waals surface area contributed by atoms with Gasteiger partial charge in [-0.05, 0) is 57.8 Å². The van der Waals surface area contributed by atoms with Gasteiger partial charge >= 0.3 is 0 Å². The molecule has 0 saturated carbocycles. The predicted octanol–water partition coefficient (Wildman–Crippen LogP) is 2.60. The Hall–Kier alpha value is -1.13.